The first-order valence-corrected chi connectivity index (χ1v) is 5.96. The van der Waals surface area contributed by atoms with Crippen molar-refractivity contribution in [1.82, 2.24) is 0 Å². The van der Waals surface area contributed by atoms with Gasteiger partial charge in [0, 0.05) is 6.42 Å². The molecular weight excluding hydrogens is 224 g/mol. The summed E-state index contributed by atoms with van der Waals surface area (Å²) in [6, 6.07) is 0. The molecule has 0 heterocycles. The van der Waals surface area contributed by atoms with Crippen molar-refractivity contribution in [2.75, 3.05) is 13.2 Å². The molecule has 0 aromatic rings. The van der Waals surface area contributed by atoms with Gasteiger partial charge in [0.15, 0.2) is 11.9 Å². The SMILES string of the molecule is CCCCCCC(=O)C([C]=O)OCC(O)CO. The predicted molar refractivity (Wildman–Crippen MR) is 62.3 cm³/mol. The average molecular weight is 245 g/mol. The Labute approximate surface area is 102 Å². The zero-order valence-electron chi connectivity index (χ0n) is 10.2. The van der Waals surface area contributed by atoms with E-state index in [0.29, 0.717) is 0 Å². The summed E-state index contributed by atoms with van der Waals surface area (Å²) in [5.74, 6) is -0.318. The van der Waals surface area contributed by atoms with Crippen LogP contribution in [0.2, 0.25) is 0 Å². The van der Waals surface area contributed by atoms with E-state index in [-0.39, 0.29) is 18.8 Å². The van der Waals surface area contributed by atoms with Crippen LogP contribution in [0.3, 0.4) is 0 Å². The maximum Gasteiger partial charge on any atom is 0.237 e. The largest absolute Gasteiger partial charge is 0.394 e. The minimum Gasteiger partial charge on any atom is -0.394 e. The summed E-state index contributed by atoms with van der Waals surface area (Å²) in [5.41, 5.74) is 0. The molecular formula is C12H21O5. The summed E-state index contributed by atoms with van der Waals surface area (Å²) in [6.45, 7) is 1.37. The number of ketones is 1. The highest BCUT2D eigenvalue weighted by molar-refractivity contribution is 5.96. The van der Waals surface area contributed by atoms with Gasteiger partial charge in [0.05, 0.1) is 13.2 Å². The third-order valence-corrected chi connectivity index (χ3v) is 2.34. The van der Waals surface area contributed by atoms with E-state index in [0.717, 1.165) is 25.7 Å². The number of carbonyl (C=O) groups excluding carboxylic acids is 2. The van der Waals surface area contributed by atoms with E-state index >= 15 is 0 Å². The lowest BCUT2D eigenvalue weighted by Gasteiger charge is -2.12. The topological polar surface area (TPSA) is 83.8 Å². The smallest absolute Gasteiger partial charge is 0.237 e. The van der Waals surface area contributed by atoms with E-state index in [4.69, 9.17) is 14.9 Å². The lowest BCUT2D eigenvalue weighted by Crippen LogP contribution is -2.30. The van der Waals surface area contributed by atoms with Gasteiger partial charge in [0.2, 0.25) is 6.29 Å². The van der Waals surface area contributed by atoms with E-state index in [9.17, 15) is 9.59 Å². The fourth-order valence-electron chi connectivity index (χ4n) is 1.31. The third kappa shape index (κ3) is 8.01. The van der Waals surface area contributed by atoms with E-state index in [1.54, 1.807) is 0 Å². The van der Waals surface area contributed by atoms with E-state index < -0.39 is 18.8 Å². The molecule has 0 bridgehead atoms. The van der Waals surface area contributed by atoms with Crippen LogP contribution in [0.1, 0.15) is 39.0 Å². The molecule has 2 N–H and O–H groups in total. The Morgan fingerprint density at radius 2 is 2.06 bits per heavy atom. The number of aliphatic hydroxyl groups excluding tert-OH is 2. The second kappa shape index (κ2) is 10.4. The van der Waals surface area contributed by atoms with Crippen molar-refractivity contribution < 1.29 is 24.5 Å². The number of hydrogen-bond acceptors (Lipinski definition) is 5. The van der Waals surface area contributed by atoms with Crippen LogP contribution in [0.5, 0.6) is 0 Å². The molecule has 0 saturated heterocycles. The number of Topliss-reactive ketones (excluding diaryl/α,β-unsaturated/α-hetero) is 1. The molecule has 2 atom stereocenters. The first-order chi connectivity index (χ1) is 8.15. The van der Waals surface area contributed by atoms with Crippen molar-refractivity contribution in [1.29, 1.82) is 0 Å². The molecule has 0 aromatic carbocycles. The van der Waals surface area contributed by atoms with E-state index in [1.165, 1.54) is 6.29 Å². The molecule has 1 radical (unpaired) electrons. The van der Waals surface area contributed by atoms with E-state index in [1.807, 2.05) is 0 Å². The number of hydrogen-bond donors (Lipinski definition) is 2. The molecule has 0 rings (SSSR count). The Hall–Kier alpha value is -0.780. The van der Waals surface area contributed by atoms with Gasteiger partial charge in [0.1, 0.15) is 6.10 Å². The standard InChI is InChI=1S/C12H21O5/c1-2-3-4-5-6-11(16)12(8-14)17-9-10(15)7-13/h10,12-13,15H,2-7,9H2,1H3. The number of rotatable bonds is 11. The fraction of sp³-hybridized carbons (Fsp3) is 0.833. The van der Waals surface area contributed by atoms with Crippen molar-refractivity contribution in [2.24, 2.45) is 0 Å². The summed E-state index contributed by atoms with van der Waals surface area (Å²) < 4.78 is 4.88. The Morgan fingerprint density at radius 1 is 1.35 bits per heavy atom. The van der Waals surface area contributed by atoms with Gasteiger partial charge in [-0.15, -0.1) is 0 Å². The fourth-order valence-corrected chi connectivity index (χ4v) is 1.31. The zero-order chi connectivity index (χ0) is 13.1. The number of carbonyl (C=O) groups is 1. The molecule has 0 amide bonds. The first-order valence-electron chi connectivity index (χ1n) is 5.96. The number of unbranched alkanes of at least 4 members (excludes halogenated alkanes) is 3. The van der Waals surface area contributed by atoms with Crippen molar-refractivity contribution in [2.45, 2.75) is 51.2 Å². The molecule has 5 nitrogen and oxygen atoms in total. The second-order valence-electron chi connectivity index (χ2n) is 3.94. The second-order valence-corrected chi connectivity index (χ2v) is 3.94. The lowest BCUT2D eigenvalue weighted by atomic mass is 10.1. The van der Waals surface area contributed by atoms with Gasteiger partial charge in [-0.1, -0.05) is 26.2 Å². The summed E-state index contributed by atoms with van der Waals surface area (Å²) >= 11 is 0. The van der Waals surface area contributed by atoms with Crippen LogP contribution in [0, 0.1) is 0 Å². The van der Waals surface area contributed by atoms with Crippen molar-refractivity contribution >= 4 is 12.1 Å². The average Bonchev–Trinajstić information content (AvgIpc) is 2.35. The maximum atomic E-state index is 11.5. The third-order valence-electron chi connectivity index (χ3n) is 2.34. The van der Waals surface area contributed by atoms with Crippen molar-refractivity contribution in [3.05, 3.63) is 0 Å². The molecule has 0 aromatic heterocycles. The van der Waals surface area contributed by atoms with Crippen molar-refractivity contribution in [3.63, 3.8) is 0 Å². The minimum absolute atomic E-state index is 0.239. The molecule has 0 aliphatic heterocycles. The molecule has 2 unspecified atom stereocenters. The van der Waals surface area contributed by atoms with E-state index in [2.05, 4.69) is 6.92 Å². The van der Waals surface area contributed by atoms with Gasteiger partial charge >= 0.3 is 0 Å². The summed E-state index contributed by atoms with van der Waals surface area (Å²) in [7, 11) is 0. The van der Waals surface area contributed by atoms with Crippen LogP contribution in [-0.2, 0) is 14.3 Å². The Kier molecular flexibility index (Phi) is 9.90. The summed E-state index contributed by atoms with van der Waals surface area (Å²) in [5, 5.41) is 17.6. The van der Waals surface area contributed by atoms with Gasteiger partial charge in [-0.2, -0.15) is 0 Å². The van der Waals surface area contributed by atoms with Crippen LogP contribution in [0.25, 0.3) is 0 Å². The molecule has 5 heteroatoms. The van der Waals surface area contributed by atoms with Crippen LogP contribution in [-0.4, -0.2) is 47.7 Å². The van der Waals surface area contributed by atoms with Gasteiger partial charge in [-0.05, 0) is 6.42 Å². The molecule has 0 spiro atoms. The quantitative estimate of drug-likeness (QED) is 0.406. The predicted octanol–water partition coefficient (Wildman–Crippen LogP) is 0.374. The summed E-state index contributed by atoms with van der Waals surface area (Å²) in [6.07, 6.45) is 3.31. The van der Waals surface area contributed by atoms with Crippen LogP contribution < -0.4 is 0 Å². The van der Waals surface area contributed by atoms with Gasteiger partial charge in [0.25, 0.3) is 0 Å². The zero-order valence-corrected chi connectivity index (χ0v) is 10.2. The van der Waals surface area contributed by atoms with Crippen molar-refractivity contribution in [3.8, 4) is 0 Å². The highest BCUT2D eigenvalue weighted by Gasteiger charge is 2.19. The molecule has 17 heavy (non-hydrogen) atoms. The highest BCUT2D eigenvalue weighted by atomic mass is 16.5. The Bertz CT molecular complexity index is 217. The number of aliphatic hydroxyl groups is 2. The lowest BCUT2D eigenvalue weighted by molar-refractivity contribution is -0.128. The molecule has 0 fully saturated rings. The molecule has 0 saturated carbocycles. The van der Waals surface area contributed by atoms with Crippen LogP contribution in [0.4, 0.5) is 0 Å². The van der Waals surface area contributed by atoms with Crippen LogP contribution in [0.15, 0.2) is 0 Å². The maximum absolute atomic E-state index is 11.5. The van der Waals surface area contributed by atoms with Gasteiger partial charge < -0.3 is 14.9 Å². The minimum atomic E-state index is -1.24. The Morgan fingerprint density at radius 3 is 2.59 bits per heavy atom. The van der Waals surface area contributed by atoms with Crippen LogP contribution >= 0.6 is 0 Å². The van der Waals surface area contributed by atoms with Gasteiger partial charge in [-0.3, -0.25) is 9.59 Å². The normalized spacial score (nSPS) is 14.3. The molecule has 0 aliphatic carbocycles. The monoisotopic (exact) mass is 245 g/mol. The first kappa shape index (κ1) is 16.2. The van der Waals surface area contributed by atoms with Gasteiger partial charge in [-0.25, -0.2) is 0 Å². The molecule has 0 aliphatic rings. The Balaban J connectivity index is 3.83. The molecule has 99 valence electrons. The summed E-state index contributed by atoms with van der Waals surface area (Å²) in [4.78, 5) is 22.0. The highest BCUT2D eigenvalue weighted by Crippen LogP contribution is 2.06. The number of ether oxygens (including phenoxy) is 1.